The van der Waals surface area contributed by atoms with Crippen LogP contribution in [0.15, 0.2) is 11.4 Å². The van der Waals surface area contributed by atoms with Gasteiger partial charge in [-0.2, -0.15) is 4.98 Å². The zero-order valence-corrected chi connectivity index (χ0v) is 11.1. The molecule has 1 unspecified atom stereocenters. The molecule has 3 heterocycles. The molecule has 3 rings (SSSR count). The molecule has 8 heteroatoms. The first kappa shape index (κ1) is 12.3. The van der Waals surface area contributed by atoms with Crippen LogP contribution in [0.3, 0.4) is 0 Å². The number of carboxylic acids is 1. The standard InChI is InChI=1S/C11H8ClN3O3S/c12-11-13-6-1-2-19-8(6)9(14-11)15-4-5(10(17)18)3-7(15)16/h1-2,5H,3-4H2,(H,17,18). The molecule has 1 N–H and O–H groups in total. The van der Waals surface area contributed by atoms with Crippen molar-refractivity contribution in [3.8, 4) is 0 Å². The molecule has 19 heavy (non-hydrogen) atoms. The van der Waals surface area contributed by atoms with Crippen LogP contribution in [0.1, 0.15) is 6.42 Å². The lowest BCUT2D eigenvalue weighted by molar-refractivity contribution is -0.141. The fraction of sp³-hybridized carbons (Fsp3) is 0.273. The Morgan fingerprint density at radius 3 is 3.00 bits per heavy atom. The smallest absolute Gasteiger partial charge is 0.308 e. The molecule has 1 aliphatic heterocycles. The van der Waals surface area contributed by atoms with Crippen LogP contribution in [0.5, 0.6) is 0 Å². The Balaban J connectivity index is 2.07. The van der Waals surface area contributed by atoms with Crippen molar-refractivity contribution in [2.24, 2.45) is 5.92 Å². The van der Waals surface area contributed by atoms with E-state index in [2.05, 4.69) is 9.97 Å². The second-order valence-electron chi connectivity index (χ2n) is 4.19. The molecule has 0 saturated carbocycles. The van der Waals surface area contributed by atoms with Crippen molar-refractivity contribution in [1.29, 1.82) is 0 Å². The predicted octanol–water partition coefficient (Wildman–Crippen LogP) is 1.78. The SMILES string of the molecule is O=C(O)C1CC(=O)N(c2nc(Cl)nc3ccsc23)C1. The van der Waals surface area contributed by atoms with Crippen molar-refractivity contribution in [3.63, 3.8) is 0 Å². The van der Waals surface area contributed by atoms with Crippen molar-refractivity contribution in [3.05, 3.63) is 16.7 Å². The third kappa shape index (κ3) is 2.04. The lowest BCUT2D eigenvalue weighted by atomic mass is 10.1. The Bertz CT molecular complexity index is 687. The Morgan fingerprint density at radius 2 is 2.32 bits per heavy atom. The molecule has 1 saturated heterocycles. The summed E-state index contributed by atoms with van der Waals surface area (Å²) in [6.07, 6.45) is -0.0101. The van der Waals surface area contributed by atoms with Crippen LogP contribution < -0.4 is 4.90 Å². The largest absolute Gasteiger partial charge is 0.481 e. The molecule has 1 fully saturated rings. The Hall–Kier alpha value is -1.73. The van der Waals surface area contributed by atoms with Crippen molar-refractivity contribution < 1.29 is 14.7 Å². The lowest BCUT2D eigenvalue weighted by Gasteiger charge is -2.15. The summed E-state index contributed by atoms with van der Waals surface area (Å²) in [5.74, 6) is -1.52. The van der Waals surface area contributed by atoms with Gasteiger partial charge in [0.25, 0.3) is 0 Å². The van der Waals surface area contributed by atoms with E-state index >= 15 is 0 Å². The molecule has 6 nitrogen and oxygen atoms in total. The molecule has 1 amide bonds. The van der Waals surface area contributed by atoms with E-state index in [0.717, 1.165) is 4.70 Å². The monoisotopic (exact) mass is 297 g/mol. The summed E-state index contributed by atoms with van der Waals surface area (Å²) in [6, 6.07) is 1.78. The van der Waals surface area contributed by atoms with E-state index in [0.29, 0.717) is 11.3 Å². The Morgan fingerprint density at radius 1 is 1.53 bits per heavy atom. The van der Waals surface area contributed by atoms with Gasteiger partial charge in [-0.05, 0) is 23.0 Å². The summed E-state index contributed by atoms with van der Waals surface area (Å²) < 4.78 is 0.740. The summed E-state index contributed by atoms with van der Waals surface area (Å²) in [5, 5.41) is 10.9. The number of halogens is 1. The zero-order chi connectivity index (χ0) is 13.6. The van der Waals surface area contributed by atoms with Crippen molar-refractivity contribution in [2.75, 3.05) is 11.4 Å². The second-order valence-corrected chi connectivity index (χ2v) is 5.45. The number of fused-ring (bicyclic) bond motifs is 1. The number of carboxylic acid groups (broad SMARTS) is 1. The van der Waals surface area contributed by atoms with E-state index in [9.17, 15) is 9.59 Å². The first-order chi connectivity index (χ1) is 9.06. The average molecular weight is 298 g/mol. The number of amides is 1. The topological polar surface area (TPSA) is 83.4 Å². The third-order valence-electron chi connectivity index (χ3n) is 2.99. The molecule has 0 bridgehead atoms. The number of aromatic nitrogens is 2. The number of carbonyl (C=O) groups is 2. The fourth-order valence-corrected chi connectivity index (χ4v) is 3.08. The van der Waals surface area contributed by atoms with E-state index in [4.69, 9.17) is 16.7 Å². The normalized spacial score (nSPS) is 19.3. The van der Waals surface area contributed by atoms with Gasteiger partial charge in [-0.3, -0.25) is 14.5 Å². The van der Waals surface area contributed by atoms with Gasteiger partial charge in [-0.15, -0.1) is 11.3 Å². The van der Waals surface area contributed by atoms with Crippen LogP contribution in [0.4, 0.5) is 5.82 Å². The van der Waals surface area contributed by atoms with Gasteiger partial charge in [-0.1, -0.05) is 0 Å². The van der Waals surface area contributed by atoms with Gasteiger partial charge in [0.15, 0.2) is 5.82 Å². The molecule has 0 spiro atoms. The summed E-state index contributed by atoms with van der Waals surface area (Å²) >= 11 is 7.23. The van der Waals surface area contributed by atoms with E-state index in [1.54, 1.807) is 6.07 Å². The van der Waals surface area contributed by atoms with Crippen molar-refractivity contribution in [1.82, 2.24) is 9.97 Å². The second kappa shape index (κ2) is 4.43. The van der Waals surface area contributed by atoms with Crippen molar-refractivity contribution >= 4 is 50.8 Å². The quantitative estimate of drug-likeness (QED) is 0.854. The maximum Gasteiger partial charge on any atom is 0.308 e. The van der Waals surface area contributed by atoms with Gasteiger partial charge < -0.3 is 5.11 Å². The van der Waals surface area contributed by atoms with Gasteiger partial charge >= 0.3 is 5.97 Å². The minimum Gasteiger partial charge on any atom is -0.481 e. The van der Waals surface area contributed by atoms with E-state index < -0.39 is 11.9 Å². The minimum atomic E-state index is -0.974. The average Bonchev–Trinajstić information content (AvgIpc) is 2.94. The molecule has 0 aliphatic carbocycles. The minimum absolute atomic E-state index is 0.0101. The number of thiophene rings is 1. The van der Waals surface area contributed by atoms with E-state index in [1.165, 1.54) is 16.2 Å². The van der Waals surface area contributed by atoms with E-state index in [1.807, 2.05) is 5.38 Å². The number of hydrogen-bond donors (Lipinski definition) is 1. The maximum atomic E-state index is 11.9. The summed E-state index contributed by atoms with van der Waals surface area (Å²) in [4.78, 5) is 32.4. The highest BCUT2D eigenvalue weighted by Gasteiger charge is 2.36. The van der Waals surface area contributed by atoms with Gasteiger partial charge in [-0.25, -0.2) is 4.98 Å². The molecule has 1 aliphatic rings. The number of carbonyl (C=O) groups excluding carboxylic acids is 1. The Kier molecular flexibility index (Phi) is 2.87. The first-order valence-electron chi connectivity index (χ1n) is 5.50. The summed E-state index contributed by atoms with van der Waals surface area (Å²) in [6.45, 7) is 0.120. The molecule has 2 aromatic heterocycles. The third-order valence-corrected chi connectivity index (χ3v) is 4.06. The summed E-state index contributed by atoms with van der Waals surface area (Å²) in [7, 11) is 0. The molecule has 98 valence electrons. The molecule has 2 aromatic rings. The zero-order valence-electron chi connectivity index (χ0n) is 9.54. The highest BCUT2D eigenvalue weighted by Crippen LogP contribution is 2.33. The molecule has 1 atom stereocenters. The number of hydrogen-bond acceptors (Lipinski definition) is 5. The van der Waals surface area contributed by atoms with Crippen LogP contribution >= 0.6 is 22.9 Å². The van der Waals surface area contributed by atoms with Gasteiger partial charge in [0.2, 0.25) is 11.2 Å². The van der Waals surface area contributed by atoms with Gasteiger partial charge in [0, 0.05) is 13.0 Å². The molecular formula is C11H8ClN3O3S. The van der Waals surface area contributed by atoms with Crippen molar-refractivity contribution in [2.45, 2.75) is 6.42 Å². The highest BCUT2D eigenvalue weighted by molar-refractivity contribution is 7.17. The number of rotatable bonds is 2. The molecule has 0 aromatic carbocycles. The van der Waals surface area contributed by atoms with Gasteiger partial charge in [0.1, 0.15) is 0 Å². The Labute approximate surface area is 116 Å². The maximum absolute atomic E-state index is 11.9. The summed E-state index contributed by atoms with van der Waals surface area (Å²) in [5.41, 5.74) is 0.659. The van der Waals surface area contributed by atoms with Crippen LogP contribution in [-0.2, 0) is 9.59 Å². The van der Waals surface area contributed by atoms with Crippen LogP contribution in [0.2, 0.25) is 5.28 Å². The first-order valence-corrected chi connectivity index (χ1v) is 6.76. The van der Waals surface area contributed by atoms with Crippen LogP contribution in [-0.4, -0.2) is 33.5 Å². The molecule has 0 radical (unpaired) electrons. The highest BCUT2D eigenvalue weighted by atomic mass is 35.5. The number of nitrogens with zero attached hydrogens (tertiary/aromatic N) is 3. The number of anilines is 1. The molecular weight excluding hydrogens is 290 g/mol. The van der Waals surface area contributed by atoms with E-state index in [-0.39, 0.29) is 24.2 Å². The number of aliphatic carboxylic acids is 1. The lowest BCUT2D eigenvalue weighted by Crippen LogP contribution is -2.26. The van der Waals surface area contributed by atoms with Crippen LogP contribution in [0.25, 0.3) is 10.2 Å². The fourth-order valence-electron chi connectivity index (χ4n) is 2.08. The predicted molar refractivity (Wildman–Crippen MR) is 70.5 cm³/mol. The van der Waals surface area contributed by atoms with Crippen LogP contribution in [0, 0.1) is 5.92 Å². The van der Waals surface area contributed by atoms with Gasteiger partial charge in [0.05, 0.1) is 16.1 Å².